The third-order valence-electron chi connectivity index (χ3n) is 7.19. The van der Waals surface area contributed by atoms with Crippen LogP contribution in [-0.2, 0) is 11.2 Å². The standard InChI is InChI=1S/C32H31F2N3OS/c1-21-8-12-29(26(18-21)24-6-4-3-5-7-24)35-22(2)30-20-39-32(36-30)25-14-16-37(17-15-25)31(38)13-10-23-9-11-27(33)28(34)19-23/h3-9,11-12,18-20,25,35H,2,10,13-17H2,1H3. The molecule has 2 heterocycles. The minimum atomic E-state index is -0.878. The Morgan fingerprint density at radius 1 is 1.05 bits per heavy atom. The van der Waals surface area contributed by atoms with Gasteiger partial charge in [0.2, 0.25) is 5.91 Å². The molecule has 1 aliphatic rings. The lowest BCUT2D eigenvalue weighted by Gasteiger charge is -2.31. The summed E-state index contributed by atoms with van der Waals surface area (Å²) in [6.45, 7) is 7.68. The van der Waals surface area contributed by atoms with Crippen LogP contribution in [0.4, 0.5) is 14.5 Å². The zero-order valence-electron chi connectivity index (χ0n) is 21.9. The van der Waals surface area contributed by atoms with Crippen molar-refractivity contribution in [3.63, 3.8) is 0 Å². The summed E-state index contributed by atoms with van der Waals surface area (Å²) in [5.74, 6) is -1.41. The van der Waals surface area contributed by atoms with E-state index in [1.807, 2.05) is 28.5 Å². The largest absolute Gasteiger partial charge is 0.354 e. The molecule has 7 heteroatoms. The molecule has 0 unspecified atom stereocenters. The Balaban J connectivity index is 1.17. The summed E-state index contributed by atoms with van der Waals surface area (Å²) >= 11 is 1.64. The zero-order valence-corrected chi connectivity index (χ0v) is 22.7. The Kier molecular flexibility index (Phi) is 8.17. The average Bonchev–Trinajstić information content (AvgIpc) is 3.46. The maximum atomic E-state index is 13.4. The van der Waals surface area contributed by atoms with Crippen LogP contribution in [0.5, 0.6) is 0 Å². The highest BCUT2D eigenvalue weighted by Gasteiger charge is 2.26. The lowest BCUT2D eigenvalue weighted by Crippen LogP contribution is -2.38. The highest BCUT2D eigenvalue weighted by molar-refractivity contribution is 7.09. The van der Waals surface area contributed by atoms with Gasteiger partial charge >= 0.3 is 0 Å². The van der Waals surface area contributed by atoms with Crippen molar-refractivity contribution in [2.45, 2.75) is 38.5 Å². The van der Waals surface area contributed by atoms with Crippen molar-refractivity contribution in [2.75, 3.05) is 18.4 Å². The molecule has 200 valence electrons. The van der Waals surface area contributed by atoms with Gasteiger partial charge in [0.15, 0.2) is 11.6 Å². The number of nitrogens with one attached hydrogen (secondary N) is 1. The summed E-state index contributed by atoms with van der Waals surface area (Å²) < 4.78 is 26.6. The number of benzene rings is 3. The van der Waals surface area contributed by atoms with Gasteiger partial charge < -0.3 is 10.2 Å². The number of piperidine rings is 1. The molecule has 3 aromatic carbocycles. The number of aromatic nitrogens is 1. The van der Waals surface area contributed by atoms with Crippen molar-refractivity contribution in [3.05, 3.63) is 112 Å². The average molecular weight is 544 g/mol. The molecule has 0 saturated carbocycles. The van der Waals surface area contributed by atoms with Crippen LogP contribution in [0.2, 0.25) is 0 Å². The van der Waals surface area contributed by atoms with Crippen molar-refractivity contribution in [3.8, 4) is 11.1 Å². The molecule has 1 saturated heterocycles. The second kappa shape index (κ2) is 11.9. The number of nitrogens with zero attached hydrogens (tertiary/aromatic N) is 2. The molecule has 5 rings (SSSR count). The quantitative estimate of drug-likeness (QED) is 0.246. The van der Waals surface area contributed by atoms with E-state index in [-0.39, 0.29) is 12.3 Å². The second-order valence-electron chi connectivity index (χ2n) is 9.99. The fraction of sp³-hybridized carbons (Fsp3) is 0.250. The first-order valence-corrected chi connectivity index (χ1v) is 14.0. The van der Waals surface area contributed by atoms with Crippen molar-refractivity contribution in [2.24, 2.45) is 0 Å². The Labute approximate surface area is 232 Å². The van der Waals surface area contributed by atoms with Gasteiger partial charge in [-0.3, -0.25) is 4.79 Å². The number of carbonyl (C=O) groups is 1. The molecule has 1 fully saturated rings. The molecule has 4 nitrogen and oxygen atoms in total. The predicted molar refractivity (Wildman–Crippen MR) is 155 cm³/mol. The van der Waals surface area contributed by atoms with Gasteiger partial charge in [-0.2, -0.15) is 0 Å². The van der Waals surface area contributed by atoms with E-state index >= 15 is 0 Å². The fourth-order valence-corrected chi connectivity index (χ4v) is 5.95. The van der Waals surface area contributed by atoms with Crippen molar-refractivity contribution in [1.29, 1.82) is 0 Å². The first-order chi connectivity index (χ1) is 18.9. The Hall–Kier alpha value is -3.84. The molecule has 1 aromatic heterocycles. The van der Waals surface area contributed by atoms with Crippen LogP contribution in [0, 0.1) is 18.6 Å². The van der Waals surface area contributed by atoms with E-state index in [2.05, 4.69) is 49.2 Å². The first kappa shape index (κ1) is 26.8. The van der Waals surface area contributed by atoms with Gasteiger partial charge in [-0.25, -0.2) is 13.8 Å². The Bertz CT molecular complexity index is 1480. The van der Waals surface area contributed by atoms with Crippen LogP contribution in [0.15, 0.2) is 78.7 Å². The SMILES string of the molecule is C=C(Nc1ccc(C)cc1-c1ccccc1)c1csc(C2CCN(C(=O)CCc3ccc(F)c(F)c3)CC2)n1. The number of carbonyl (C=O) groups excluding carboxylic acids is 1. The molecule has 1 N–H and O–H groups in total. The number of thiazole rings is 1. The molecular formula is C32H31F2N3OS. The molecule has 0 atom stereocenters. The van der Waals surface area contributed by atoms with Crippen molar-refractivity contribution >= 4 is 28.6 Å². The summed E-state index contributed by atoms with van der Waals surface area (Å²) in [7, 11) is 0. The molecule has 0 bridgehead atoms. The van der Waals surface area contributed by atoms with E-state index in [1.165, 1.54) is 17.7 Å². The van der Waals surface area contributed by atoms with Crippen LogP contribution >= 0.6 is 11.3 Å². The summed E-state index contributed by atoms with van der Waals surface area (Å²) in [4.78, 5) is 19.5. The zero-order chi connectivity index (χ0) is 27.4. The molecular weight excluding hydrogens is 512 g/mol. The highest BCUT2D eigenvalue weighted by atomic mass is 32.1. The van der Waals surface area contributed by atoms with Gasteiger partial charge in [0.05, 0.1) is 16.4 Å². The van der Waals surface area contributed by atoms with Crippen molar-refractivity contribution in [1.82, 2.24) is 9.88 Å². The van der Waals surface area contributed by atoms with Gasteiger partial charge in [-0.1, -0.05) is 54.6 Å². The van der Waals surface area contributed by atoms with Crippen LogP contribution < -0.4 is 5.32 Å². The van der Waals surface area contributed by atoms with Gasteiger partial charge in [0.1, 0.15) is 0 Å². The maximum absolute atomic E-state index is 13.4. The number of anilines is 1. The van der Waals surface area contributed by atoms with Gasteiger partial charge in [0, 0.05) is 42.1 Å². The topological polar surface area (TPSA) is 45.2 Å². The maximum Gasteiger partial charge on any atom is 0.222 e. The smallest absolute Gasteiger partial charge is 0.222 e. The third-order valence-corrected chi connectivity index (χ3v) is 8.19. The fourth-order valence-electron chi connectivity index (χ4n) is 4.94. The molecule has 0 radical (unpaired) electrons. The Morgan fingerprint density at radius 2 is 1.82 bits per heavy atom. The second-order valence-corrected chi connectivity index (χ2v) is 10.9. The number of amides is 1. The molecule has 39 heavy (non-hydrogen) atoms. The number of likely N-dealkylation sites (tertiary alicyclic amines) is 1. The van der Waals surface area contributed by atoms with Crippen LogP contribution in [0.1, 0.15) is 47.0 Å². The molecule has 0 aliphatic carbocycles. The van der Waals surface area contributed by atoms with E-state index in [0.29, 0.717) is 31.0 Å². The van der Waals surface area contributed by atoms with E-state index in [9.17, 15) is 13.6 Å². The van der Waals surface area contributed by atoms with Crippen molar-refractivity contribution < 1.29 is 13.6 Å². The number of hydrogen-bond acceptors (Lipinski definition) is 4. The number of rotatable bonds is 8. The van der Waals surface area contributed by atoms with Crippen LogP contribution in [-0.4, -0.2) is 28.9 Å². The summed E-state index contributed by atoms with van der Waals surface area (Å²) in [5, 5.41) is 6.58. The van der Waals surface area contributed by atoms with E-state index in [4.69, 9.17) is 4.98 Å². The number of halogens is 2. The highest BCUT2D eigenvalue weighted by Crippen LogP contribution is 2.34. The Morgan fingerprint density at radius 3 is 2.56 bits per heavy atom. The number of aryl methyl sites for hydroxylation is 2. The third kappa shape index (κ3) is 6.42. The molecule has 1 aliphatic heterocycles. The minimum Gasteiger partial charge on any atom is -0.354 e. The molecule has 1 amide bonds. The minimum absolute atomic E-state index is 0.0444. The molecule has 4 aromatic rings. The normalized spacial score (nSPS) is 13.9. The van der Waals surface area contributed by atoms with Gasteiger partial charge in [0.25, 0.3) is 0 Å². The monoisotopic (exact) mass is 543 g/mol. The van der Waals surface area contributed by atoms with E-state index in [1.54, 1.807) is 11.3 Å². The van der Waals surface area contributed by atoms with Crippen LogP contribution in [0.3, 0.4) is 0 Å². The van der Waals surface area contributed by atoms with E-state index < -0.39 is 11.6 Å². The summed E-state index contributed by atoms with van der Waals surface area (Å²) in [6.07, 6.45) is 2.38. The summed E-state index contributed by atoms with van der Waals surface area (Å²) in [6, 6.07) is 20.4. The predicted octanol–water partition coefficient (Wildman–Crippen LogP) is 7.82. The number of hydrogen-bond donors (Lipinski definition) is 1. The molecule has 0 spiro atoms. The first-order valence-electron chi connectivity index (χ1n) is 13.2. The lowest BCUT2D eigenvalue weighted by atomic mass is 9.97. The van der Waals surface area contributed by atoms with E-state index in [0.717, 1.165) is 52.1 Å². The van der Waals surface area contributed by atoms with Gasteiger partial charge in [-0.05, 0) is 61.6 Å². The van der Waals surface area contributed by atoms with Gasteiger partial charge in [-0.15, -0.1) is 11.3 Å². The lowest BCUT2D eigenvalue weighted by molar-refractivity contribution is -0.132. The summed E-state index contributed by atoms with van der Waals surface area (Å²) in [5.41, 5.74) is 6.65. The van der Waals surface area contributed by atoms with Crippen LogP contribution in [0.25, 0.3) is 16.8 Å².